The Hall–Kier alpha value is -2.61. The van der Waals surface area contributed by atoms with E-state index in [1.165, 1.54) is 0 Å². The minimum atomic E-state index is -1.25. The van der Waals surface area contributed by atoms with Crippen LogP contribution < -0.4 is 5.32 Å². The van der Waals surface area contributed by atoms with Gasteiger partial charge in [0.05, 0.1) is 24.1 Å². The zero-order valence-electron chi connectivity index (χ0n) is 19.1. The molecule has 31 heavy (non-hydrogen) atoms. The fourth-order valence-electron chi connectivity index (χ4n) is 3.48. The molecule has 0 radical (unpaired) electrons. The highest BCUT2D eigenvalue weighted by Gasteiger charge is 2.44. The molecule has 1 saturated heterocycles. The van der Waals surface area contributed by atoms with Gasteiger partial charge in [-0.25, -0.2) is 14.5 Å². The Labute approximate surface area is 183 Å². The second kappa shape index (κ2) is 10.1. The Kier molecular flexibility index (Phi) is 8.06. The van der Waals surface area contributed by atoms with Crippen molar-refractivity contribution in [3.8, 4) is 0 Å². The zero-order chi connectivity index (χ0) is 23.3. The highest BCUT2D eigenvalue weighted by Crippen LogP contribution is 2.24. The molecule has 8 nitrogen and oxygen atoms in total. The van der Waals surface area contributed by atoms with Crippen LogP contribution in [-0.4, -0.2) is 58.5 Å². The summed E-state index contributed by atoms with van der Waals surface area (Å²) >= 11 is 0. The zero-order valence-corrected chi connectivity index (χ0v) is 19.1. The maximum atomic E-state index is 13.1. The number of nitrogens with one attached hydrogen (secondary N) is 1. The van der Waals surface area contributed by atoms with Gasteiger partial charge in [0.2, 0.25) is 5.91 Å². The van der Waals surface area contributed by atoms with Gasteiger partial charge >= 0.3 is 12.2 Å². The molecule has 1 aliphatic rings. The van der Waals surface area contributed by atoms with Gasteiger partial charge in [-0.15, -0.1) is 0 Å². The number of hydrogen-bond donors (Lipinski definition) is 2. The molecule has 1 fully saturated rings. The van der Waals surface area contributed by atoms with Crippen LogP contribution in [0, 0.1) is 11.8 Å². The quantitative estimate of drug-likeness (QED) is 0.683. The van der Waals surface area contributed by atoms with E-state index in [0.29, 0.717) is 0 Å². The van der Waals surface area contributed by atoms with E-state index in [1.807, 2.05) is 44.2 Å². The van der Waals surface area contributed by atoms with E-state index in [0.717, 1.165) is 10.5 Å². The number of aliphatic hydroxyl groups excluding tert-OH is 1. The summed E-state index contributed by atoms with van der Waals surface area (Å²) in [5, 5.41) is 13.8. The molecular formula is C23H34N2O6. The Morgan fingerprint density at radius 2 is 1.84 bits per heavy atom. The number of carbonyl (C=O) groups is 3. The van der Waals surface area contributed by atoms with Crippen LogP contribution in [0.4, 0.5) is 9.59 Å². The molecule has 0 spiro atoms. The van der Waals surface area contributed by atoms with Crippen LogP contribution in [0.2, 0.25) is 0 Å². The lowest BCUT2D eigenvalue weighted by molar-refractivity contribution is -0.137. The molecule has 1 aliphatic heterocycles. The fraction of sp³-hybridized carbons (Fsp3) is 0.609. The van der Waals surface area contributed by atoms with Gasteiger partial charge in [-0.1, -0.05) is 51.1 Å². The second-order valence-corrected chi connectivity index (χ2v) is 9.32. The summed E-state index contributed by atoms with van der Waals surface area (Å²) in [5.74, 6) is -1.46. The van der Waals surface area contributed by atoms with E-state index in [4.69, 9.17) is 9.47 Å². The number of cyclic esters (lactones) is 1. The van der Waals surface area contributed by atoms with Crippen molar-refractivity contribution in [2.24, 2.45) is 11.8 Å². The number of carbonyl (C=O) groups excluding carboxylic acids is 3. The number of benzene rings is 1. The predicted molar refractivity (Wildman–Crippen MR) is 115 cm³/mol. The Balaban J connectivity index is 2.21. The number of aliphatic hydroxyl groups is 1. The minimum absolute atomic E-state index is 0.0137. The van der Waals surface area contributed by atoms with Crippen molar-refractivity contribution in [1.29, 1.82) is 0 Å². The smallest absolute Gasteiger partial charge is 0.416 e. The molecular weight excluding hydrogens is 400 g/mol. The molecule has 2 N–H and O–H groups in total. The molecule has 1 aromatic rings. The van der Waals surface area contributed by atoms with Crippen molar-refractivity contribution in [2.75, 3.05) is 6.61 Å². The molecule has 1 heterocycles. The summed E-state index contributed by atoms with van der Waals surface area (Å²) in [5.41, 5.74) is 0.167. The molecule has 0 bridgehead atoms. The molecule has 2 rings (SSSR count). The standard InChI is InChI=1S/C23H34N2O6/c1-14(2)18-13-30-22(29)25(18)20(27)15(3)19(26)17(12-16-10-8-7-9-11-16)24-21(28)31-23(4,5)6/h7-11,14-15,17-19,26H,12-13H2,1-6H3,(H,24,28)/t15-,17-,18+,19-/m0/s1. The Morgan fingerprint density at radius 1 is 1.23 bits per heavy atom. The SMILES string of the molecule is CC(C)[C@H]1COC(=O)N1C(=O)[C@@H](C)[C@H](O)[C@H](Cc1ccccc1)NC(=O)OC(C)(C)C. The highest BCUT2D eigenvalue weighted by molar-refractivity contribution is 5.95. The van der Waals surface area contributed by atoms with Crippen LogP contribution in [0.1, 0.15) is 47.1 Å². The topological polar surface area (TPSA) is 105 Å². The summed E-state index contributed by atoms with van der Waals surface area (Å²) in [7, 11) is 0. The molecule has 0 aliphatic carbocycles. The highest BCUT2D eigenvalue weighted by atomic mass is 16.6. The Bertz CT molecular complexity index is 774. The first-order valence-electron chi connectivity index (χ1n) is 10.6. The van der Waals surface area contributed by atoms with Crippen molar-refractivity contribution in [3.05, 3.63) is 35.9 Å². The third-order valence-electron chi connectivity index (χ3n) is 5.23. The lowest BCUT2D eigenvalue weighted by atomic mass is 9.91. The predicted octanol–water partition coefficient (Wildman–Crippen LogP) is 3.12. The van der Waals surface area contributed by atoms with Gasteiger partial charge in [0.15, 0.2) is 0 Å². The third-order valence-corrected chi connectivity index (χ3v) is 5.23. The van der Waals surface area contributed by atoms with Crippen molar-refractivity contribution in [1.82, 2.24) is 10.2 Å². The van der Waals surface area contributed by atoms with Crippen LogP contribution in [0.25, 0.3) is 0 Å². The fourth-order valence-corrected chi connectivity index (χ4v) is 3.48. The molecule has 4 atom stereocenters. The lowest BCUT2D eigenvalue weighted by Gasteiger charge is -2.32. The second-order valence-electron chi connectivity index (χ2n) is 9.32. The monoisotopic (exact) mass is 434 g/mol. The summed E-state index contributed by atoms with van der Waals surface area (Å²) in [6.45, 7) is 10.7. The van der Waals surface area contributed by atoms with Gasteiger partial charge in [0.25, 0.3) is 0 Å². The van der Waals surface area contributed by atoms with Crippen molar-refractivity contribution in [3.63, 3.8) is 0 Å². The van der Waals surface area contributed by atoms with Crippen molar-refractivity contribution >= 4 is 18.1 Å². The molecule has 0 aromatic heterocycles. The third kappa shape index (κ3) is 6.69. The van der Waals surface area contributed by atoms with Gasteiger partial charge in [-0.05, 0) is 38.7 Å². The van der Waals surface area contributed by atoms with E-state index in [9.17, 15) is 19.5 Å². The van der Waals surface area contributed by atoms with Crippen molar-refractivity contribution in [2.45, 2.75) is 71.8 Å². The molecule has 0 unspecified atom stereocenters. The summed E-state index contributed by atoms with van der Waals surface area (Å²) < 4.78 is 10.4. The minimum Gasteiger partial charge on any atom is -0.447 e. The number of alkyl carbamates (subject to hydrolysis) is 1. The number of amides is 3. The molecule has 1 aromatic carbocycles. The van der Waals surface area contributed by atoms with Gasteiger partial charge < -0.3 is 19.9 Å². The summed E-state index contributed by atoms with van der Waals surface area (Å²) in [4.78, 5) is 38.7. The summed E-state index contributed by atoms with van der Waals surface area (Å²) in [6, 6.07) is 8.13. The van der Waals surface area contributed by atoms with E-state index < -0.39 is 41.8 Å². The Morgan fingerprint density at radius 3 is 2.39 bits per heavy atom. The molecule has 3 amide bonds. The number of ether oxygens (including phenoxy) is 2. The number of hydrogen-bond acceptors (Lipinski definition) is 6. The van der Waals surface area contributed by atoms with E-state index in [-0.39, 0.29) is 25.0 Å². The first kappa shape index (κ1) is 24.7. The van der Waals surface area contributed by atoms with Crippen LogP contribution in [-0.2, 0) is 20.7 Å². The number of rotatable bonds is 7. The van der Waals surface area contributed by atoms with E-state index >= 15 is 0 Å². The average Bonchev–Trinajstić information content (AvgIpc) is 3.06. The number of imide groups is 1. The molecule has 0 saturated carbocycles. The van der Waals surface area contributed by atoms with Crippen LogP contribution in [0.3, 0.4) is 0 Å². The number of nitrogens with zero attached hydrogens (tertiary/aromatic N) is 1. The van der Waals surface area contributed by atoms with Crippen LogP contribution >= 0.6 is 0 Å². The van der Waals surface area contributed by atoms with Crippen LogP contribution in [0.5, 0.6) is 0 Å². The van der Waals surface area contributed by atoms with Gasteiger partial charge in [0, 0.05) is 0 Å². The van der Waals surface area contributed by atoms with E-state index in [1.54, 1.807) is 27.7 Å². The van der Waals surface area contributed by atoms with Gasteiger partial charge in [-0.3, -0.25) is 4.79 Å². The lowest BCUT2D eigenvalue weighted by Crippen LogP contribution is -2.53. The average molecular weight is 435 g/mol. The van der Waals surface area contributed by atoms with Crippen LogP contribution in [0.15, 0.2) is 30.3 Å². The summed E-state index contributed by atoms with van der Waals surface area (Å²) in [6.07, 6.45) is -2.35. The van der Waals surface area contributed by atoms with Gasteiger partial charge in [0.1, 0.15) is 12.2 Å². The normalized spacial score (nSPS) is 19.5. The van der Waals surface area contributed by atoms with E-state index in [2.05, 4.69) is 5.32 Å². The van der Waals surface area contributed by atoms with Crippen molar-refractivity contribution < 1.29 is 29.0 Å². The van der Waals surface area contributed by atoms with Gasteiger partial charge in [-0.2, -0.15) is 0 Å². The largest absolute Gasteiger partial charge is 0.447 e. The maximum absolute atomic E-state index is 13.1. The maximum Gasteiger partial charge on any atom is 0.416 e. The first-order chi connectivity index (χ1) is 14.4. The molecule has 172 valence electrons. The first-order valence-corrected chi connectivity index (χ1v) is 10.6. The molecule has 8 heteroatoms.